The molecule has 0 N–H and O–H groups in total. The van der Waals surface area contributed by atoms with Gasteiger partial charge in [0.1, 0.15) is 23.1 Å². The fourth-order valence-electron chi connectivity index (χ4n) is 10.8. The van der Waals surface area contributed by atoms with Gasteiger partial charge in [-0.15, -0.1) is 0 Å². The van der Waals surface area contributed by atoms with Crippen LogP contribution in [0, 0.1) is 45.3 Å². The molecular formula is C54H66N6O2. The van der Waals surface area contributed by atoms with Crippen molar-refractivity contribution in [3.05, 3.63) is 119 Å². The van der Waals surface area contributed by atoms with E-state index in [0.717, 1.165) is 70.9 Å². The number of benzene rings is 4. The molecule has 0 aliphatic heterocycles. The standard InChI is InChI=1S/2C27H33N3O/c2*1-18(2)31-23-9-6-20(7-10-23)14-26-29-24-13-21(17-28)8-11-25(24)30(26)22-12-19(3)15-27(4,5)16-22/h2*6-11,13,18-19,22H,12,14-16H2,1-5H3/t2*19-,22+/m10/s1. The molecule has 0 radical (unpaired) electrons. The summed E-state index contributed by atoms with van der Waals surface area (Å²) in [5, 5.41) is 18.7. The van der Waals surface area contributed by atoms with Crippen molar-refractivity contribution in [3.63, 3.8) is 0 Å². The normalized spacial score (nSPS) is 20.7. The molecule has 2 saturated carbocycles. The summed E-state index contributed by atoms with van der Waals surface area (Å²) in [5.74, 6) is 5.33. The van der Waals surface area contributed by atoms with Gasteiger partial charge in [0, 0.05) is 24.9 Å². The van der Waals surface area contributed by atoms with Gasteiger partial charge in [-0.2, -0.15) is 10.5 Å². The van der Waals surface area contributed by atoms with E-state index in [1.807, 2.05) is 76.2 Å². The summed E-state index contributed by atoms with van der Waals surface area (Å²) in [6, 6.07) is 33.9. The van der Waals surface area contributed by atoms with Gasteiger partial charge in [-0.3, -0.25) is 0 Å². The molecule has 8 rings (SSSR count). The Morgan fingerprint density at radius 1 is 0.581 bits per heavy atom. The van der Waals surface area contributed by atoms with Crippen LogP contribution in [0.3, 0.4) is 0 Å². The summed E-state index contributed by atoms with van der Waals surface area (Å²) in [5.41, 5.74) is 8.53. The Morgan fingerprint density at radius 2 is 0.952 bits per heavy atom. The van der Waals surface area contributed by atoms with Gasteiger partial charge in [0.15, 0.2) is 0 Å². The highest BCUT2D eigenvalue weighted by Gasteiger charge is 2.36. The molecule has 324 valence electrons. The first-order valence-electron chi connectivity index (χ1n) is 22.8. The van der Waals surface area contributed by atoms with Crippen molar-refractivity contribution >= 4 is 22.1 Å². The van der Waals surface area contributed by atoms with Crippen LogP contribution in [-0.2, 0) is 12.8 Å². The second-order valence-electron chi connectivity index (χ2n) is 20.5. The Bertz CT molecular complexity index is 2380. The van der Waals surface area contributed by atoms with Crippen molar-refractivity contribution in [3.8, 4) is 23.6 Å². The van der Waals surface area contributed by atoms with Gasteiger partial charge in [-0.25, -0.2) is 9.97 Å². The minimum Gasteiger partial charge on any atom is -0.491 e. The summed E-state index contributed by atoms with van der Waals surface area (Å²) < 4.78 is 16.5. The number of imidazole rings is 2. The van der Waals surface area contributed by atoms with Crippen molar-refractivity contribution in [1.29, 1.82) is 10.5 Å². The number of ether oxygens (including phenoxy) is 2. The number of hydrogen-bond acceptors (Lipinski definition) is 6. The minimum atomic E-state index is 0.168. The zero-order chi connectivity index (χ0) is 44.3. The van der Waals surface area contributed by atoms with Crippen LogP contribution in [0.15, 0.2) is 84.9 Å². The van der Waals surface area contributed by atoms with E-state index in [-0.39, 0.29) is 12.2 Å². The average molecular weight is 831 g/mol. The van der Waals surface area contributed by atoms with Crippen LogP contribution in [0.4, 0.5) is 0 Å². The topological polar surface area (TPSA) is 102 Å². The van der Waals surface area contributed by atoms with Crippen molar-refractivity contribution in [2.24, 2.45) is 22.7 Å². The summed E-state index contributed by atoms with van der Waals surface area (Å²) in [6.07, 6.45) is 9.04. The molecule has 0 spiro atoms. The van der Waals surface area contributed by atoms with Crippen LogP contribution >= 0.6 is 0 Å². The Kier molecular flexibility index (Phi) is 13.2. The van der Waals surface area contributed by atoms with Gasteiger partial charge >= 0.3 is 0 Å². The van der Waals surface area contributed by atoms with Gasteiger partial charge in [0.2, 0.25) is 0 Å². The fraction of sp³-hybridized carbons (Fsp3) is 0.481. The van der Waals surface area contributed by atoms with Crippen molar-refractivity contribution in [2.45, 2.75) is 145 Å². The maximum Gasteiger partial charge on any atom is 0.119 e. The maximum absolute atomic E-state index is 9.35. The van der Waals surface area contributed by atoms with Crippen LogP contribution in [-0.4, -0.2) is 31.3 Å². The lowest BCUT2D eigenvalue weighted by Crippen LogP contribution is -2.30. The molecule has 0 saturated heterocycles. The molecule has 2 heterocycles. The number of hydrogen-bond donors (Lipinski definition) is 0. The van der Waals surface area contributed by atoms with E-state index in [0.29, 0.717) is 45.9 Å². The molecule has 0 bridgehead atoms. The Balaban J connectivity index is 0.000000186. The highest BCUT2D eigenvalue weighted by molar-refractivity contribution is 5.79. The first kappa shape index (κ1) is 44.5. The van der Waals surface area contributed by atoms with Gasteiger partial charge < -0.3 is 18.6 Å². The molecular weight excluding hydrogens is 765 g/mol. The van der Waals surface area contributed by atoms with Crippen molar-refractivity contribution in [1.82, 2.24) is 19.1 Å². The summed E-state index contributed by atoms with van der Waals surface area (Å²) in [7, 11) is 0. The molecule has 2 fully saturated rings. The minimum absolute atomic E-state index is 0.168. The average Bonchev–Trinajstić information content (AvgIpc) is 3.74. The van der Waals surface area contributed by atoms with Gasteiger partial charge in [-0.1, -0.05) is 65.8 Å². The van der Waals surface area contributed by atoms with Crippen LogP contribution in [0.25, 0.3) is 22.1 Å². The van der Waals surface area contributed by atoms with Gasteiger partial charge in [0.05, 0.1) is 57.5 Å². The van der Waals surface area contributed by atoms with E-state index in [2.05, 4.69) is 99.2 Å². The van der Waals surface area contributed by atoms with E-state index in [1.165, 1.54) is 36.8 Å². The van der Waals surface area contributed by atoms with E-state index in [1.54, 1.807) is 0 Å². The van der Waals surface area contributed by atoms with E-state index < -0.39 is 0 Å². The number of fused-ring (bicyclic) bond motifs is 2. The summed E-state index contributed by atoms with van der Waals surface area (Å²) >= 11 is 0. The quantitative estimate of drug-likeness (QED) is 0.136. The first-order chi connectivity index (χ1) is 29.5. The molecule has 0 amide bonds. The predicted octanol–water partition coefficient (Wildman–Crippen LogP) is 13.3. The molecule has 6 aromatic rings. The van der Waals surface area contributed by atoms with Crippen LogP contribution in [0.1, 0.15) is 154 Å². The third kappa shape index (κ3) is 10.7. The lowest BCUT2D eigenvalue weighted by Gasteiger charge is -2.40. The molecule has 4 aromatic carbocycles. The smallest absolute Gasteiger partial charge is 0.119 e. The zero-order valence-corrected chi connectivity index (χ0v) is 38.7. The number of rotatable bonds is 10. The third-order valence-electron chi connectivity index (χ3n) is 12.6. The molecule has 2 aromatic heterocycles. The molecule has 4 atom stereocenters. The molecule has 8 nitrogen and oxygen atoms in total. The van der Waals surface area contributed by atoms with Crippen LogP contribution in [0.2, 0.25) is 0 Å². The Morgan fingerprint density at radius 3 is 1.27 bits per heavy atom. The Hall–Kier alpha value is -5.60. The number of nitriles is 2. The Labute approximate surface area is 369 Å². The lowest BCUT2D eigenvalue weighted by atomic mass is 9.70. The molecule has 8 heteroatoms. The monoisotopic (exact) mass is 831 g/mol. The molecule has 62 heavy (non-hydrogen) atoms. The summed E-state index contributed by atoms with van der Waals surface area (Å²) in [6.45, 7) is 22.4. The van der Waals surface area contributed by atoms with Crippen molar-refractivity contribution in [2.75, 3.05) is 0 Å². The SMILES string of the molecule is CC(C)Oc1ccc(Cc2nc3cc(C#N)ccc3n2[C@@H]2C[C@H](C)CC(C)(C)C2)cc1.CC(C)Oc1ccc(Cc2nc3cc(C#N)ccc3n2[C@H]2C[C@@H](C)CC(C)(C)C2)cc1. The van der Waals surface area contributed by atoms with Crippen LogP contribution < -0.4 is 9.47 Å². The highest BCUT2D eigenvalue weighted by Crippen LogP contribution is 2.47. The fourth-order valence-corrected chi connectivity index (χ4v) is 10.8. The number of aromatic nitrogens is 4. The van der Waals surface area contributed by atoms with Gasteiger partial charge in [0.25, 0.3) is 0 Å². The largest absolute Gasteiger partial charge is 0.491 e. The first-order valence-corrected chi connectivity index (χ1v) is 22.8. The van der Waals surface area contributed by atoms with Crippen LogP contribution in [0.5, 0.6) is 11.5 Å². The van der Waals surface area contributed by atoms with E-state index in [9.17, 15) is 10.5 Å². The third-order valence-corrected chi connectivity index (χ3v) is 12.6. The molecule has 2 aliphatic carbocycles. The molecule has 2 aliphatic rings. The maximum atomic E-state index is 9.35. The van der Waals surface area contributed by atoms with E-state index in [4.69, 9.17) is 19.4 Å². The number of nitrogens with zero attached hydrogens (tertiary/aromatic N) is 6. The second kappa shape index (κ2) is 18.4. The zero-order valence-electron chi connectivity index (χ0n) is 38.7. The van der Waals surface area contributed by atoms with E-state index >= 15 is 0 Å². The molecule has 0 unspecified atom stereocenters. The second-order valence-corrected chi connectivity index (χ2v) is 20.5. The summed E-state index contributed by atoms with van der Waals surface area (Å²) in [4.78, 5) is 10.0. The lowest BCUT2D eigenvalue weighted by molar-refractivity contribution is 0.137. The van der Waals surface area contributed by atoms with Crippen molar-refractivity contribution < 1.29 is 9.47 Å². The predicted molar refractivity (Wildman–Crippen MR) is 251 cm³/mol. The highest BCUT2D eigenvalue weighted by atomic mass is 16.5. The van der Waals surface area contributed by atoms with Gasteiger partial charge in [-0.05, 0) is 161 Å².